The van der Waals surface area contributed by atoms with E-state index < -0.39 is 0 Å². The zero-order valence-electron chi connectivity index (χ0n) is 14.5. The van der Waals surface area contributed by atoms with Gasteiger partial charge in [-0.05, 0) is 18.9 Å². The lowest BCUT2D eigenvalue weighted by Crippen LogP contribution is -2.08. The van der Waals surface area contributed by atoms with Crippen molar-refractivity contribution in [3.05, 3.63) is 76.3 Å². The van der Waals surface area contributed by atoms with E-state index in [-0.39, 0.29) is 0 Å². The Balaban J connectivity index is 1.56. The first-order chi connectivity index (χ1) is 12.8. The van der Waals surface area contributed by atoms with Gasteiger partial charge in [-0.25, -0.2) is 24.3 Å². The normalized spacial score (nSPS) is 11.1. The third kappa shape index (κ3) is 3.85. The van der Waals surface area contributed by atoms with Crippen molar-refractivity contribution in [3.63, 3.8) is 0 Å². The zero-order chi connectivity index (χ0) is 17.8. The second-order valence-electron chi connectivity index (χ2n) is 6.04. The molecule has 0 aliphatic heterocycles. The fourth-order valence-electron chi connectivity index (χ4n) is 2.81. The number of nitrogens with zero attached hydrogens (tertiary/aromatic N) is 7. The van der Waals surface area contributed by atoms with E-state index in [0.717, 1.165) is 30.2 Å². The molecule has 0 aliphatic carbocycles. The Bertz CT molecular complexity index is 957. The molecule has 0 saturated heterocycles. The number of hydrogen-bond acceptors (Lipinski definition) is 6. The molecule has 8 heteroatoms. The van der Waals surface area contributed by atoms with Crippen LogP contribution in [0.5, 0.6) is 0 Å². The lowest BCUT2D eigenvalue weighted by atomic mass is 10.2. The van der Waals surface area contributed by atoms with Crippen molar-refractivity contribution in [2.24, 2.45) is 0 Å². The molecule has 0 fully saturated rings. The molecule has 4 rings (SSSR count). The maximum atomic E-state index is 4.76. The first-order valence-electron chi connectivity index (χ1n) is 8.46. The number of aryl methyl sites for hydroxylation is 3. The van der Waals surface area contributed by atoms with Gasteiger partial charge in [0, 0.05) is 11.3 Å². The summed E-state index contributed by atoms with van der Waals surface area (Å²) in [5.41, 5.74) is 4.21. The van der Waals surface area contributed by atoms with E-state index in [0.29, 0.717) is 13.1 Å². The van der Waals surface area contributed by atoms with E-state index in [1.165, 1.54) is 16.8 Å². The summed E-state index contributed by atoms with van der Waals surface area (Å²) in [7, 11) is 0. The van der Waals surface area contributed by atoms with Gasteiger partial charge in [0.25, 0.3) is 0 Å². The smallest absolute Gasteiger partial charge is 0.172 e. The van der Waals surface area contributed by atoms with Crippen molar-refractivity contribution in [1.29, 1.82) is 0 Å². The Morgan fingerprint density at radius 1 is 1.08 bits per heavy atom. The van der Waals surface area contributed by atoms with Crippen LogP contribution in [0, 0.1) is 6.92 Å². The Hall–Kier alpha value is -2.87. The van der Waals surface area contributed by atoms with Gasteiger partial charge in [0.15, 0.2) is 5.82 Å². The highest BCUT2D eigenvalue weighted by Crippen LogP contribution is 2.16. The van der Waals surface area contributed by atoms with E-state index in [9.17, 15) is 0 Å². The molecular weight excluding hydrogens is 346 g/mol. The largest absolute Gasteiger partial charge is 0.250 e. The Morgan fingerprint density at radius 3 is 2.69 bits per heavy atom. The predicted octanol–water partition coefficient (Wildman–Crippen LogP) is 2.52. The van der Waals surface area contributed by atoms with Crippen LogP contribution in [-0.4, -0.2) is 34.5 Å². The maximum Gasteiger partial charge on any atom is 0.172 e. The maximum absolute atomic E-state index is 4.76. The van der Waals surface area contributed by atoms with Crippen LogP contribution in [0.1, 0.15) is 27.8 Å². The molecule has 0 aliphatic rings. The fourth-order valence-corrected chi connectivity index (χ4v) is 3.59. The Morgan fingerprint density at radius 2 is 1.96 bits per heavy atom. The van der Waals surface area contributed by atoms with Gasteiger partial charge in [-0.1, -0.05) is 30.3 Å². The Labute approximate surface area is 155 Å². The van der Waals surface area contributed by atoms with Crippen molar-refractivity contribution in [1.82, 2.24) is 34.5 Å². The van der Waals surface area contributed by atoms with Gasteiger partial charge in [0.1, 0.15) is 25.0 Å². The first kappa shape index (κ1) is 16.6. The van der Waals surface area contributed by atoms with Crippen molar-refractivity contribution in [2.75, 3.05) is 0 Å². The third-order valence-electron chi connectivity index (χ3n) is 4.16. The van der Waals surface area contributed by atoms with Crippen LogP contribution in [0.15, 0.2) is 48.5 Å². The molecule has 26 heavy (non-hydrogen) atoms. The van der Waals surface area contributed by atoms with Crippen LogP contribution >= 0.6 is 11.3 Å². The molecule has 3 aromatic heterocycles. The third-order valence-corrected chi connectivity index (χ3v) is 5.15. The van der Waals surface area contributed by atoms with Gasteiger partial charge in [0.05, 0.1) is 17.7 Å². The molecule has 0 amide bonds. The molecule has 7 nitrogen and oxygen atoms in total. The molecule has 0 unspecified atom stereocenters. The minimum atomic E-state index is 0.522. The minimum Gasteiger partial charge on any atom is -0.250 e. The summed E-state index contributed by atoms with van der Waals surface area (Å²) < 4.78 is 3.73. The molecule has 0 spiro atoms. The molecule has 0 bridgehead atoms. The molecule has 0 atom stereocenters. The van der Waals surface area contributed by atoms with E-state index in [1.807, 2.05) is 28.4 Å². The summed E-state index contributed by atoms with van der Waals surface area (Å²) in [5, 5.41) is 8.85. The van der Waals surface area contributed by atoms with Gasteiger partial charge in [-0.3, -0.25) is 0 Å². The summed E-state index contributed by atoms with van der Waals surface area (Å²) in [6, 6.07) is 10.3. The number of rotatable bonds is 7. The first-order valence-corrected chi connectivity index (χ1v) is 9.34. The lowest BCUT2D eigenvalue weighted by molar-refractivity contribution is 0.609. The van der Waals surface area contributed by atoms with Gasteiger partial charge >= 0.3 is 0 Å². The summed E-state index contributed by atoms with van der Waals surface area (Å²) >= 11 is 1.70. The number of thiazole rings is 1. The number of aromatic nitrogens is 7. The molecule has 132 valence electrons. The number of hydrogen-bond donors (Lipinski definition) is 0. The summed E-state index contributed by atoms with van der Waals surface area (Å²) in [5.74, 6) is 1.74. The molecule has 0 saturated carbocycles. The molecule has 4 aromatic rings. The molecule has 1 aromatic carbocycles. The minimum absolute atomic E-state index is 0.522. The van der Waals surface area contributed by atoms with Gasteiger partial charge < -0.3 is 0 Å². The van der Waals surface area contributed by atoms with E-state index in [4.69, 9.17) is 10.1 Å². The molecule has 0 N–H and O–H groups in total. The average molecular weight is 365 g/mol. The van der Waals surface area contributed by atoms with Gasteiger partial charge in [-0.2, -0.15) is 10.2 Å². The molecular formula is C18H19N7S. The van der Waals surface area contributed by atoms with Gasteiger partial charge in [-0.15, -0.1) is 11.3 Å². The van der Waals surface area contributed by atoms with Crippen LogP contribution in [0.3, 0.4) is 0 Å². The topological polar surface area (TPSA) is 74.3 Å². The van der Waals surface area contributed by atoms with Crippen LogP contribution in [0.2, 0.25) is 0 Å². The summed E-state index contributed by atoms with van der Waals surface area (Å²) in [4.78, 5) is 14.4. The standard InChI is InChI=1S/C18H19N7S/c1-14-16(26-13-20-14)7-8-18-22-17(10-24-12-19-11-21-24)23-25(18)9-15-5-3-2-4-6-15/h2-6,11-13H,7-10H2,1H3. The van der Waals surface area contributed by atoms with Crippen LogP contribution in [0.25, 0.3) is 0 Å². The second-order valence-corrected chi connectivity index (χ2v) is 6.98. The second kappa shape index (κ2) is 7.57. The monoisotopic (exact) mass is 365 g/mol. The van der Waals surface area contributed by atoms with E-state index in [1.54, 1.807) is 22.3 Å². The average Bonchev–Trinajstić information content (AvgIpc) is 3.37. The van der Waals surface area contributed by atoms with Crippen LogP contribution in [0.4, 0.5) is 0 Å². The van der Waals surface area contributed by atoms with Crippen molar-refractivity contribution in [2.45, 2.75) is 32.9 Å². The van der Waals surface area contributed by atoms with Gasteiger partial charge in [0.2, 0.25) is 0 Å². The molecule has 3 heterocycles. The predicted molar refractivity (Wildman–Crippen MR) is 98.9 cm³/mol. The van der Waals surface area contributed by atoms with Crippen LogP contribution in [-0.2, 0) is 25.9 Å². The quantitative estimate of drug-likeness (QED) is 0.503. The SMILES string of the molecule is Cc1ncsc1CCc1nc(Cn2cncn2)nn1Cc1ccccc1. The van der Waals surface area contributed by atoms with E-state index in [2.05, 4.69) is 34.1 Å². The summed E-state index contributed by atoms with van der Waals surface area (Å²) in [6.45, 7) is 3.28. The van der Waals surface area contributed by atoms with Crippen molar-refractivity contribution >= 4 is 11.3 Å². The van der Waals surface area contributed by atoms with Crippen molar-refractivity contribution in [3.8, 4) is 0 Å². The van der Waals surface area contributed by atoms with E-state index >= 15 is 0 Å². The fraction of sp³-hybridized carbons (Fsp3) is 0.278. The number of benzene rings is 1. The highest BCUT2D eigenvalue weighted by molar-refractivity contribution is 7.09. The van der Waals surface area contributed by atoms with Crippen molar-refractivity contribution < 1.29 is 0 Å². The zero-order valence-corrected chi connectivity index (χ0v) is 15.3. The molecule has 0 radical (unpaired) electrons. The highest BCUT2D eigenvalue weighted by atomic mass is 32.1. The Kier molecular flexibility index (Phi) is 4.83. The lowest BCUT2D eigenvalue weighted by Gasteiger charge is -2.06. The van der Waals surface area contributed by atoms with Crippen LogP contribution < -0.4 is 0 Å². The highest BCUT2D eigenvalue weighted by Gasteiger charge is 2.13. The summed E-state index contributed by atoms with van der Waals surface area (Å²) in [6.07, 6.45) is 4.96.